The predicted octanol–water partition coefficient (Wildman–Crippen LogP) is -0.450. The van der Waals surface area contributed by atoms with E-state index in [0.717, 1.165) is 0 Å². The van der Waals surface area contributed by atoms with Crippen LogP contribution in [0.25, 0.3) is 0 Å². The van der Waals surface area contributed by atoms with Gasteiger partial charge in [-0.15, -0.1) is 0 Å². The van der Waals surface area contributed by atoms with E-state index in [4.69, 9.17) is 0 Å². The van der Waals surface area contributed by atoms with Crippen molar-refractivity contribution in [2.45, 2.75) is 0 Å². The Bertz CT molecular complexity index is 191. The average Bonchev–Trinajstić information content (AvgIpc) is 1.91. The van der Waals surface area contributed by atoms with Gasteiger partial charge in [0.2, 0.25) is 0 Å². The van der Waals surface area contributed by atoms with Crippen LogP contribution in [0.5, 0.6) is 0 Å². The topological polar surface area (TPSA) is 43.2 Å². The third kappa shape index (κ3) is 1.53. The maximum atomic E-state index is 9.82. The molecule has 0 bridgehead atoms. The Hall–Kier alpha value is -1.38. The summed E-state index contributed by atoms with van der Waals surface area (Å²) in [6.45, 7) is 0. The van der Waals surface area contributed by atoms with Crippen LogP contribution in [-0.2, 0) is 4.79 Å². The second-order valence-corrected chi connectivity index (χ2v) is 1.48. The van der Waals surface area contributed by atoms with Gasteiger partial charge < -0.3 is 0 Å². The number of aliphatic imine (C=N–C) groups is 1. The van der Waals surface area contributed by atoms with Crippen LogP contribution in [0.3, 0.4) is 0 Å². The fourth-order valence-corrected chi connectivity index (χ4v) is 0.509. The second kappa shape index (κ2) is 2.81. The van der Waals surface area contributed by atoms with Gasteiger partial charge in [0.15, 0.2) is 0 Å². The summed E-state index contributed by atoms with van der Waals surface area (Å²) in [7, 11) is 0. The van der Waals surface area contributed by atoms with Crippen LogP contribution in [0.1, 0.15) is 0 Å². The van der Waals surface area contributed by atoms with E-state index in [1.807, 2.05) is 0 Å². The molecular weight excluding hydrogens is 116 g/mol. The van der Waals surface area contributed by atoms with E-state index >= 15 is 0 Å². The zero-order valence-corrected chi connectivity index (χ0v) is 4.74. The summed E-state index contributed by atoms with van der Waals surface area (Å²) in [5, 5.41) is 2.42. The van der Waals surface area contributed by atoms with Gasteiger partial charge >= 0.3 is 5.84 Å². The molecule has 0 aromatic heterocycles. The van der Waals surface area contributed by atoms with Crippen molar-refractivity contribution >= 4 is 12.2 Å². The van der Waals surface area contributed by atoms with E-state index in [9.17, 15) is 4.79 Å². The molecular formula is C6H6N2O+. The van der Waals surface area contributed by atoms with Gasteiger partial charge in [-0.2, -0.15) is 0 Å². The number of amides is 1. The molecule has 0 unspecified atom stereocenters. The van der Waals surface area contributed by atoms with E-state index in [2.05, 4.69) is 10.3 Å². The zero-order chi connectivity index (χ0) is 6.53. The Morgan fingerprint density at radius 1 is 1.56 bits per heavy atom. The first-order valence-electron chi connectivity index (χ1n) is 2.54. The van der Waals surface area contributed by atoms with E-state index in [0.29, 0.717) is 12.2 Å². The van der Waals surface area contributed by atoms with Crippen LogP contribution in [-0.4, -0.2) is 12.2 Å². The minimum absolute atomic E-state index is 0.576. The van der Waals surface area contributed by atoms with Crippen LogP contribution >= 0.6 is 0 Å². The molecule has 45 valence electrons. The lowest BCUT2D eigenvalue weighted by Gasteiger charge is -1.84. The molecule has 1 aliphatic rings. The summed E-state index contributed by atoms with van der Waals surface area (Å²) in [6, 6.07) is 0. The highest BCUT2D eigenvalue weighted by Crippen LogP contribution is 1.80. The third-order valence-electron chi connectivity index (χ3n) is 0.872. The van der Waals surface area contributed by atoms with Gasteiger partial charge in [-0.05, 0) is 11.1 Å². The summed E-state index contributed by atoms with van der Waals surface area (Å²) in [5.41, 5.74) is 0. The quantitative estimate of drug-likeness (QED) is 0.470. The molecule has 0 saturated carbocycles. The van der Waals surface area contributed by atoms with Gasteiger partial charge in [0.25, 0.3) is 6.41 Å². The Morgan fingerprint density at radius 3 is 3.00 bits per heavy atom. The molecule has 3 heteroatoms. The van der Waals surface area contributed by atoms with Crippen molar-refractivity contribution in [3.05, 3.63) is 24.4 Å². The molecule has 0 aromatic rings. The van der Waals surface area contributed by atoms with Crippen molar-refractivity contribution in [1.82, 2.24) is 10.3 Å². The van der Waals surface area contributed by atoms with E-state index in [1.165, 1.54) is 0 Å². The first-order valence-corrected chi connectivity index (χ1v) is 2.54. The average molecular weight is 122 g/mol. The van der Waals surface area contributed by atoms with Gasteiger partial charge in [-0.1, -0.05) is 6.08 Å². The lowest BCUT2D eigenvalue weighted by atomic mass is 10.4. The predicted molar refractivity (Wildman–Crippen MR) is 34.6 cm³/mol. The number of hydrogen-bond donors (Lipinski definition) is 1. The maximum absolute atomic E-state index is 9.82. The normalized spacial score (nSPS) is 14.9. The number of amidine groups is 1. The Kier molecular flexibility index (Phi) is 1.80. The number of hydrogen-bond acceptors (Lipinski definition) is 2. The number of rotatable bonds is 1. The highest BCUT2D eigenvalue weighted by atomic mass is 16.1. The van der Waals surface area contributed by atoms with Gasteiger partial charge in [0, 0.05) is 6.08 Å². The first kappa shape index (κ1) is 5.75. The van der Waals surface area contributed by atoms with Crippen molar-refractivity contribution in [3.63, 3.8) is 0 Å². The lowest BCUT2D eigenvalue weighted by Crippen LogP contribution is -2.23. The standard InChI is InChI=1S/C6H6N2O/c9-5-8-6-3-1-2-4-7-6/h1-5H,(H,8,9)/q+1. The molecule has 1 amide bonds. The highest BCUT2D eigenvalue weighted by molar-refractivity contribution is 5.99. The van der Waals surface area contributed by atoms with Crippen molar-refractivity contribution in [3.8, 4) is 0 Å². The van der Waals surface area contributed by atoms with Gasteiger partial charge in [-0.3, -0.25) is 4.79 Å². The summed E-state index contributed by atoms with van der Waals surface area (Å²) in [6.07, 6.45) is 7.53. The van der Waals surface area contributed by atoms with E-state index < -0.39 is 0 Å². The number of carbonyl (C=O) groups excluding carboxylic acids is 1. The van der Waals surface area contributed by atoms with Crippen molar-refractivity contribution in [2.75, 3.05) is 0 Å². The molecule has 3 nitrogen and oxygen atoms in total. The summed E-state index contributed by atoms with van der Waals surface area (Å²) < 4.78 is 0. The molecule has 0 aliphatic carbocycles. The van der Waals surface area contributed by atoms with Crippen molar-refractivity contribution in [1.29, 1.82) is 0 Å². The first-order chi connectivity index (χ1) is 4.43. The van der Waals surface area contributed by atoms with Crippen molar-refractivity contribution in [2.24, 2.45) is 0 Å². The number of carbonyl (C=O) groups is 1. The fourth-order valence-electron chi connectivity index (χ4n) is 0.509. The highest BCUT2D eigenvalue weighted by Gasteiger charge is 2.01. The fraction of sp³-hybridized carbons (Fsp3) is 0. The molecule has 0 aromatic carbocycles. The van der Waals surface area contributed by atoms with Crippen LogP contribution < -0.4 is 10.3 Å². The minimum atomic E-state index is 0.576. The molecule has 1 aliphatic heterocycles. The van der Waals surface area contributed by atoms with E-state index in [-0.39, 0.29) is 0 Å². The molecule has 1 rings (SSSR count). The molecule has 1 heterocycles. The van der Waals surface area contributed by atoms with Crippen LogP contribution in [0, 0.1) is 0 Å². The third-order valence-corrected chi connectivity index (χ3v) is 0.872. The second-order valence-electron chi connectivity index (χ2n) is 1.48. The Morgan fingerprint density at radius 2 is 2.44 bits per heavy atom. The largest absolute Gasteiger partial charge is 0.323 e. The Labute approximate surface area is 52.8 Å². The molecule has 9 heavy (non-hydrogen) atoms. The van der Waals surface area contributed by atoms with Gasteiger partial charge in [0.1, 0.15) is 6.20 Å². The molecule has 1 N–H and O–H groups in total. The monoisotopic (exact) mass is 122 g/mol. The number of nitrogens with zero attached hydrogens (tertiary/aromatic N) is 1. The Balaban J connectivity index is 2.60. The summed E-state index contributed by atoms with van der Waals surface area (Å²) in [4.78, 5) is 13.6. The molecule has 1 radical (unpaired) electrons. The molecule has 0 saturated heterocycles. The smallest absolute Gasteiger partial charge is 0.251 e. The molecule has 0 atom stereocenters. The zero-order valence-electron chi connectivity index (χ0n) is 4.74. The summed E-state index contributed by atoms with van der Waals surface area (Å²) >= 11 is 0. The SMILES string of the molecule is O=CNC1=[N+]C=CC=C1. The van der Waals surface area contributed by atoms with Gasteiger partial charge in [-0.25, -0.2) is 5.32 Å². The maximum Gasteiger partial charge on any atom is 0.323 e. The van der Waals surface area contributed by atoms with Crippen LogP contribution in [0.4, 0.5) is 0 Å². The number of nitrogens with one attached hydrogen (secondary N) is 1. The van der Waals surface area contributed by atoms with Crippen LogP contribution in [0.2, 0.25) is 0 Å². The molecule has 0 spiro atoms. The van der Waals surface area contributed by atoms with Crippen LogP contribution in [0.15, 0.2) is 24.4 Å². The summed E-state index contributed by atoms with van der Waals surface area (Å²) in [5.74, 6) is 0.576. The molecule has 0 fully saturated rings. The number of allylic oxidation sites excluding steroid dienone is 2. The lowest BCUT2D eigenvalue weighted by molar-refractivity contribution is -0.108. The minimum Gasteiger partial charge on any atom is -0.251 e. The van der Waals surface area contributed by atoms with E-state index in [1.54, 1.807) is 24.4 Å². The van der Waals surface area contributed by atoms with Crippen molar-refractivity contribution < 1.29 is 4.79 Å². The van der Waals surface area contributed by atoms with Gasteiger partial charge in [0.05, 0.1) is 0 Å².